The van der Waals surface area contributed by atoms with Gasteiger partial charge in [0.15, 0.2) is 0 Å². The molecule has 2 N–H and O–H groups in total. The molecule has 49 heavy (non-hydrogen) atoms. The lowest BCUT2D eigenvalue weighted by Crippen LogP contribution is -2.44. The molecule has 0 aromatic heterocycles. The molecule has 0 bridgehead atoms. The third-order valence-electron chi connectivity index (χ3n) is 9.67. The SMILES string of the molecule is CCC(C)C(N=Cc1cc(F)ccc1O)C(O)(c1cc(C(C)(C)C)c(OC)c(C(C)(C)C)c1)c1cc(C(C)(C)C)c(OC)c(C(C)(C)C)c1. The largest absolute Gasteiger partial charge is 0.507 e. The van der Waals surface area contributed by atoms with Crippen molar-refractivity contribution < 1.29 is 24.1 Å². The number of rotatable bonds is 9. The van der Waals surface area contributed by atoms with Crippen LogP contribution in [-0.2, 0) is 27.3 Å². The molecule has 3 rings (SSSR count). The number of hydrogen-bond donors (Lipinski definition) is 2. The maximum atomic E-state index is 14.4. The maximum absolute atomic E-state index is 14.4. The Hall–Kier alpha value is -3.38. The quantitative estimate of drug-likeness (QED) is 0.222. The lowest BCUT2D eigenvalue weighted by atomic mass is 9.68. The molecule has 0 saturated carbocycles. The van der Waals surface area contributed by atoms with E-state index in [4.69, 9.17) is 14.5 Å². The van der Waals surface area contributed by atoms with Crippen molar-refractivity contribution in [1.82, 2.24) is 0 Å². The molecule has 0 amide bonds. The summed E-state index contributed by atoms with van der Waals surface area (Å²) in [7, 11) is 3.41. The third kappa shape index (κ3) is 8.33. The molecule has 2 unspecified atom stereocenters. The molecule has 2 atom stereocenters. The predicted octanol–water partition coefficient (Wildman–Crippen LogP) is 10.5. The van der Waals surface area contributed by atoms with Crippen molar-refractivity contribution in [3.05, 3.63) is 87.2 Å². The zero-order chi connectivity index (χ0) is 37.5. The van der Waals surface area contributed by atoms with Crippen molar-refractivity contribution in [2.45, 2.75) is 137 Å². The van der Waals surface area contributed by atoms with Crippen LogP contribution in [0.4, 0.5) is 4.39 Å². The first-order valence-corrected chi connectivity index (χ1v) is 17.5. The highest BCUT2D eigenvalue weighted by Crippen LogP contribution is 2.49. The normalized spacial score (nSPS) is 14.7. The minimum Gasteiger partial charge on any atom is -0.507 e. The first-order chi connectivity index (χ1) is 22.3. The second kappa shape index (κ2) is 14.1. The fraction of sp³-hybridized carbons (Fsp3) is 0.558. The van der Waals surface area contributed by atoms with Crippen molar-refractivity contribution in [3.8, 4) is 17.2 Å². The molecule has 270 valence electrons. The van der Waals surface area contributed by atoms with E-state index in [0.29, 0.717) is 17.5 Å². The van der Waals surface area contributed by atoms with E-state index in [1.54, 1.807) is 14.2 Å². The Morgan fingerprint density at radius 2 is 1.06 bits per heavy atom. The first-order valence-electron chi connectivity index (χ1n) is 17.5. The van der Waals surface area contributed by atoms with E-state index in [-0.39, 0.29) is 38.9 Å². The summed E-state index contributed by atoms with van der Waals surface area (Å²) in [6, 6.07) is 11.4. The lowest BCUT2D eigenvalue weighted by Gasteiger charge is -2.42. The van der Waals surface area contributed by atoms with E-state index in [1.807, 2.05) is 0 Å². The van der Waals surface area contributed by atoms with Crippen molar-refractivity contribution >= 4 is 6.21 Å². The van der Waals surface area contributed by atoms with Gasteiger partial charge in [0.2, 0.25) is 0 Å². The van der Waals surface area contributed by atoms with Gasteiger partial charge in [-0.3, -0.25) is 4.99 Å². The van der Waals surface area contributed by atoms with Gasteiger partial charge in [-0.2, -0.15) is 0 Å². The summed E-state index contributed by atoms with van der Waals surface area (Å²) in [6.07, 6.45) is 2.21. The van der Waals surface area contributed by atoms with E-state index >= 15 is 0 Å². The van der Waals surface area contributed by atoms with E-state index in [1.165, 1.54) is 24.4 Å². The molecule has 5 nitrogen and oxygen atoms in total. The van der Waals surface area contributed by atoms with Crippen LogP contribution in [0.15, 0.2) is 47.5 Å². The number of phenols is 1. The number of ether oxygens (including phenoxy) is 2. The topological polar surface area (TPSA) is 71.3 Å². The smallest absolute Gasteiger partial charge is 0.137 e. The molecular formula is C43H62FNO4. The van der Waals surface area contributed by atoms with Gasteiger partial charge in [-0.15, -0.1) is 0 Å². The van der Waals surface area contributed by atoms with Crippen LogP contribution >= 0.6 is 0 Å². The number of hydrogen-bond acceptors (Lipinski definition) is 5. The summed E-state index contributed by atoms with van der Waals surface area (Å²) in [4.78, 5) is 5.08. The van der Waals surface area contributed by atoms with Crippen LogP contribution < -0.4 is 9.47 Å². The minimum absolute atomic E-state index is 0.0828. The molecule has 0 aliphatic heterocycles. The van der Waals surface area contributed by atoms with Crippen LogP contribution in [0.2, 0.25) is 0 Å². The number of nitrogens with zero attached hydrogens (tertiary/aromatic N) is 1. The summed E-state index contributed by atoms with van der Waals surface area (Å²) in [6.45, 7) is 30.0. The van der Waals surface area contributed by atoms with Gasteiger partial charge in [-0.1, -0.05) is 103 Å². The Morgan fingerprint density at radius 1 is 0.694 bits per heavy atom. The number of aromatic hydroxyl groups is 1. The minimum atomic E-state index is -1.67. The maximum Gasteiger partial charge on any atom is 0.137 e. The van der Waals surface area contributed by atoms with Crippen LogP contribution in [-0.4, -0.2) is 36.7 Å². The number of halogens is 1. The van der Waals surface area contributed by atoms with Gasteiger partial charge < -0.3 is 19.7 Å². The summed E-state index contributed by atoms with van der Waals surface area (Å²) in [5.74, 6) is 0.919. The molecule has 0 aliphatic rings. The number of methoxy groups -OCH3 is 2. The molecule has 0 fully saturated rings. The standard InChI is InChI=1S/C43H62FNO4/c1-17-26(2)38(45-25-27-20-30(44)18-19-35(27)46)43(47,28-21-31(39(3,4)5)36(48-15)32(22-28)40(6,7)8)29-23-33(41(9,10)11)37(49-16)34(24-29)42(12,13)14/h18-26,38,46-47H,17H2,1-16H3. The van der Waals surface area contributed by atoms with E-state index in [0.717, 1.165) is 33.8 Å². The van der Waals surface area contributed by atoms with Gasteiger partial charge in [0.1, 0.15) is 28.7 Å². The third-order valence-corrected chi connectivity index (χ3v) is 9.67. The van der Waals surface area contributed by atoms with Crippen LogP contribution in [0.5, 0.6) is 17.2 Å². The van der Waals surface area contributed by atoms with Gasteiger partial charge in [0, 0.05) is 34.0 Å². The average molecular weight is 676 g/mol. The first kappa shape index (κ1) is 40.1. The average Bonchev–Trinajstić information content (AvgIpc) is 2.99. The molecular weight excluding hydrogens is 613 g/mol. The van der Waals surface area contributed by atoms with Gasteiger partial charge in [-0.25, -0.2) is 4.39 Å². The molecule has 0 aliphatic carbocycles. The Kier molecular flexibility index (Phi) is 11.5. The molecule has 0 spiro atoms. The van der Waals surface area contributed by atoms with Gasteiger partial charge in [-0.05, 0) is 81.2 Å². The number of benzene rings is 3. The molecule has 0 heterocycles. The Labute approximate surface area is 296 Å². The van der Waals surface area contributed by atoms with Crippen molar-refractivity contribution in [2.24, 2.45) is 10.9 Å². The lowest BCUT2D eigenvalue weighted by molar-refractivity contribution is 0.0324. The molecule has 3 aromatic carbocycles. The predicted molar refractivity (Wildman–Crippen MR) is 203 cm³/mol. The van der Waals surface area contributed by atoms with Crippen LogP contribution in [0.25, 0.3) is 0 Å². The molecule has 3 aromatic rings. The zero-order valence-electron chi connectivity index (χ0n) is 33.0. The fourth-order valence-corrected chi connectivity index (χ4v) is 6.55. The van der Waals surface area contributed by atoms with Crippen molar-refractivity contribution in [2.75, 3.05) is 14.2 Å². The Morgan fingerprint density at radius 3 is 1.37 bits per heavy atom. The van der Waals surface area contributed by atoms with Gasteiger partial charge in [0.05, 0.1) is 20.3 Å². The van der Waals surface area contributed by atoms with Crippen molar-refractivity contribution in [3.63, 3.8) is 0 Å². The monoisotopic (exact) mass is 675 g/mol. The summed E-state index contributed by atoms with van der Waals surface area (Å²) in [5.41, 5.74) is 2.59. The number of aliphatic hydroxyl groups is 1. The van der Waals surface area contributed by atoms with Crippen molar-refractivity contribution in [1.29, 1.82) is 0 Å². The molecule has 6 heteroatoms. The highest BCUT2D eigenvalue weighted by Gasteiger charge is 2.46. The highest BCUT2D eigenvalue weighted by molar-refractivity contribution is 5.83. The number of phenolic OH excluding ortho intramolecular Hbond substituents is 1. The second-order valence-electron chi connectivity index (χ2n) is 17.8. The molecule has 0 saturated heterocycles. The molecule has 0 radical (unpaired) electrons. The Balaban J connectivity index is 2.69. The fourth-order valence-electron chi connectivity index (χ4n) is 6.55. The van der Waals surface area contributed by atoms with Crippen LogP contribution in [0.1, 0.15) is 142 Å². The summed E-state index contributed by atoms with van der Waals surface area (Å²) < 4.78 is 26.6. The van der Waals surface area contributed by atoms with Crippen LogP contribution in [0.3, 0.4) is 0 Å². The van der Waals surface area contributed by atoms with Crippen LogP contribution in [0, 0.1) is 11.7 Å². The number of aliphatic imine (C=N–C) groups is 1. The summed E-state index contributed by atoms with van der Waals surface area (Å²) >= 11 is 0. The van der Waals surface area contributed by atoms with Gasteiger partial charge in [0.25, 0.3) is 0 Å². The van der Waals surface area contributed by atoms with E-state index < -0.39 is 17.5 Å². The second-order valence-corrected chi connectivity index (χ2v) is 17.8. The Bertz CT molecular complexity index is 1510. The zero-order valence-corrected chi connectivity index (χ0v) is 33.0. The van der Waals surface area contributed by atoms with E-state index in [2.05, 4.69) is 121 Å². The van der Waals surface area contributed by atoms with Gasteiger partial charge >= 0.3 is 0 Å². The van der Waals surface area contributed by atoms with E-state index in [9.17, 15) is 14.6 Å². The highest BCUT2D eigenvalue weighted by atomic mass is 19.1. The summed E-state index contributed by atoms with van der Waals surface area (Å²) in [5, 5.41) is 24.5.